The second-order valence-corrected chi connectivity index (χ2v) is 7.82. The summed E-state index contributed by atoms with van der Waals surface area (Å²) in [4.78, 5) is 29.2. The molecule has 0 fully saturated rings. The number of alkyl halides is 3. The van der Waals surface area contributed by atoms with Gasteiger partial charge in [-0.1, -0.05) is 18.2 Å². The number of hydrogen-bond donors (Lipinski definition) is 1. The lowest BCUT2D eigenvalue weighted by Gasteiger charge is -2.38. The number of esters is 1. The average molecular weight is 506 g/mol. The van der Waals surface area contributed by atoms with E-state index in [0.29, 0.717) is 0 Å². The third kappa shape index (κ3) is 5.34. The lowest BCUT2D eigenvalue weighted by Crippen LogP contribution is -2.53. The Labute approximate surface area is 197 Å². The van der Waals surface area contributed by atoms with Crippen LogP contribution in [0.2, 0.25) is 0 Å². The summed E-state index contributed by atoms with van der Waals surface area (Å²) in [5.74, 6) is -0.944. The van der Waals surface area contributed by atoms with Crippen molar-refractivity contribution in [3.63, 3.8) is 0 Å². The molecule has 1 unspecified atom stereocenters. The van der Waals surface area contributed by atoms with Gasteiger partial charge in [-0.25, -0.2) is 4.79 Å². The van der Waals surface area contributed by atoms with Crippen molar-refractivity contribution >= 4 is 25.4 Å². The van der Waals surface area contributed by atoms with Crippen LogP contribution < -0.4 is 0 Å². The Morgan fingerprint density at radius 3 is 2.24 bits per heavy atom. The first-order chi connectivity index (χ1) is 16.1. The number of hydrogen-bond acceptors (Lipinski definition) is 7. The van der Waals surface area contributed by atoms with Crippen LogP contribution in [0.1, 0.15) is 25.0 Å². The smallest absolute Gasteiger partial charge is 0.416 e. The molecule has 0 aromatic heterocycles. The number of rotatable bonds is 10. The summed E-state index contributed by atoms with van der Waals surface area (Å²) in [5.41, 5.74) is -3.40. The highest BCUT2D eigenvalue weighted by Gasteiger charge is 2.58. The maximum Gasteiger partial charge on any atom is 0.416 e. The van der Waals surface area contributed by atoms with Gasteiger partial charge >= 0.3 is 12.1 Å². The summed E-state index contributed by atoms with van der Waals surface area (Å²) in [7, 11) is 3.55. The summed E-state index contributed by atoms with van der Waals surface area (Å²) in [6, 6.07) is 4.74. The summed E-state index contributed by atoms with van der Waals surface area (Å²) in [5, 5.41) is -0.0382. The second-order valence-electron chi connectivity index (χ2n) is 7.17. The Bertz CT molecular complexity index is 991. The van der Waals surface area contributed by atoms with E-state index in [0.717, 1.165) is 13.2 Å². The molecule has 0 amide bonds. The van der Waals surface area contributed by atoms with Crippen LogP contribution in [0.5, 0.6) is 0 Å². The van der Waals surface area contributed by atoms with Gasteiger partial charge in [-0.05, 0) is 6.07 Å². The lowest BCUT2D eigenvalue weighted by molar-refractivity contribution is -0.754. The van der Waals surface area contributed by atoms with Crippen molar-refractivity contribution in [2.75, 3.05) is 47.8 Å². The minimum atomic E-state index is -4.78. The topological polar surface area (TPSA) is 86.5 Å². The molecule has 1 N–H and O–H groups in total. The number of halogens is 3. The Balaban J connectivity index is 2.97. The third-order valence-electron chi connectivity index (χ3n) is 5.21. The number of allylic oxidation sites excluding steroid dienone is 1. The molecule has 0 radical (unpaired) electrons. The summed E-state index contributed by atoms with van der Waals surface area (Å²) in [6.45, 7) is 3.17. The van der Waals surface area contributed by atoms with Gasteiger partial charge in [0, 0.05) is 38.4 Å². The Morgan fingerprint density at radius 2 is 1.68 bits per heavy atom. The van der Waals surface area contributed by atoms with Crippen LogP contribution in [0, 0.1) is 0 Å². The molecule has 1 aromatic rings. The van der Waals surface area contributed by atoms with Crippen molar-refractivity contribution in [3.05, 3.63) is 46.7 Å². The van der Waals surface area contributed by atoms with Crippen molar-refractivity contribution in [1.29, 1.82) is 0 Å². The van der Waals surface area contributed by atoms with Crippen LogP contribution in [-0.2, 0) is 40.4 Å². The van der Waals surface area contributed by atoms with Crippen molar-refractivity contribution in [2.45, 2.75) is 25.6 Å². The fraction of sp³-hybridized carbons (Fsp3) is 0.500. The summed E-state index contributed by atoms with van der Waals surface area (Å²) < 4.78 is 64.7. The molecule has 1 atom stereocenters. The van der Waals surface area contributed by atoms with Crippen LogP contribution >= 0.6 is 8.43 Å². The van der Waals surface area contributed by atoms with Crippen LogP contribution in [0.15, 0.2) is 35.5 Å². The van der Waals surface area contributed by atoms with Crippen molar-refractivity contribution in [3.8, 4) is 0 Å². The molecule has 0 spiro atoms. The van der Waals surface area contributed by atoms with E-state index in [4.69, 9.17) is 23.8 Å². The van der Waals surface area contributed by atoms with E-state index in [9.17, 15) is 22.9 Å². The molecular weight excluding hydrogens is 478 g/mol. The summed E-state index contributed by atoms with van der Waals surface area (Å²) in [6.07, 6.45) is -4.78. The van der Waals surface area contributed by atoms with E-state index in [1.807, 2.05) is 0 Å². The quantitative estimate of drug-likeness (QED) is 0.226. The number of carbonyl (C=O) groups excluding carboxylic acids is 1. The maximum atomic E-state index is 14.1. The molecule has 0 bridgehead atoms. The van der Waals surface area contributed by atoms with Gasteiger partial charge in [0.15, 0.2) is 12.2 Å². The van der Waals surface area contributed by atoms with Crippen LogP contribution in [0.3, 0.4) is 0 Å². The van der Waals surface area contributed by atoms with Crippen molar-refractivity contribution in [1.82, 2.24) is 0 Å². The molecule has 2 rings (SSSR count). The largest absolute Gasteiger partial charge is 0.465 e. The predicted molar refractivity (Wildman–Crippen MR) is 119 cm³/mol. The Hall–Kier alpha value is -2.30. The molecular formula is C22H28F3NO7P+. The molecule has 1 aliphatic heterocycles. The molecule has 34 heavy (non-hydrogen) atoms. The molecule has 1 aromatic carbocycles. The zero-order valence-electron chi connectivity index (χ0n) is 19.6. The van der Waals surface area contributed by atoms with Gasteiger partial charge in [0.2, 0.25) is 11.4 Å². The standard InChI is InChI=1S/C22H27F3NO7P/c1-14-18(20(27)31-5)21(32-12-10-29-3,16-8-6-7-9-17(16)22(23,24)25)19(34-28)15(2)26(14)33-13-11-30-4/h6-9H,10-13H2,1-5H3/p+1. The molecule has 12 heteroatoms. The van der Waals surface area contributed by atoms with Gasteiger partial charge < -0.3 is 23.8 Å². The Morgan fingerprint density at radius 1 is 1.06 bits per heavy atom. The second kappa shape index (κ2) is 11.9. The van der Waals surface area contributed by atoms with Crippen LogP contribution in [0.4, 0.5) is 13.2 Å². The fourth-order valence-corrected chi connectivity index (χ4v) is 4.49. The summed E-state index contributed by atoms with van der Waals surface area (Å²) >= 11 is 0. The zero-order valence-corrected chi connectivity index (χ0v) is 20.5. The molecule has 8 nitrogen and oxygen atoms in total. The zero-order chi connectivity index (χ0) is 25.5. The minimum Gasteiger partial charge on any atom is -0.465 e. The first kappa shape index (κ1) is 27.9. The first-order valence-electron chi connectivity index (χ1n) is 10.2. The minimum absolute atomic E-state index is 0.0200. The maximum absolute atomic E-state index is 14.1. The van der Waals surface area contributed by atoms with E-state index >= 15 is 0 Å². The molecule has 0 saturated heterocycles. The van der Waals surface area contributed by atoms with E-state index < -0.39 is 31.7 Å². The van der Waals surface area contributed by atoms with E-state index in [-0.39, 0.29) is 54.3 Å². The highest BCUT2D eigenvalue weighted by molar-refractivity contribution is 7.38. The van der Waals surface area contributed by atoms with E-state index in [1.165, 1.54) is 44.1 Å². The van der Waals surface area contributed by atoms with Crippen LogP contribution in [0.25, 0.3) is 0 Å². The normalized spacial score (nSPS) is 20.2. The molecule has 0 aliphatic carbocycles. The number of methoxy groups -OCH3 is 3. The third-order valence-corrected chi connectivity index (χ3v) is 6.05. The van der Waals surface area contributed by atoms with Gasteiger partial charge in [0.25, 0.3) is 0 Å². The number of carbonyl (C=O) groups is 1. The molecule has 188 valence electrons. The van der Waals surface area contributed by atoms with E-state index in [2.05, 4.69) is 0 Å². The molecule has 0 saturated carbocycles. The number of hydroxylamine groups is 1. The highest BCUT2D eigenvalue weighted by Crippen LogP contribution is 2.47. The number of nitrogens with zero attached hydrogens (tertiary/aromatic N) is 1. The van der Waals surface area contributed by atoms with Gasteiger partial charge in [-0.3, -0.25) is 4.84 Å². The van der Waals surface area contributed by atoms with Crippen molar-refractivity contribution in [2.24, 2.45) is 0 Å². The van der Waals surface area contributed by atoms with Crippen LogP contribution in [-0.4, -0.2) is 74.4 Å². The van der Waals surface area contributed by atoms with Gasteiger partial charge in [-0.15, -0.1) is 0 Å². The number of ether oxygens (including phenoxy) is 4. The predicted octanol–water partition coefficient (Wildman–Crippen LogP) is 3.10. The van der Waals surface area contributed by atoms with Crippen molar-refractivity contribution < 1.29 is 51.4 Å². The van der Waals surface area contributed by atoms with Gasteiger partial charge in [-0.2, -0.15) is 13.2 Å². The van der Waals surface area contributed by atoms with E-state index in [1.54, 1.807) is 6.92 Å². The fourth-order valence-electron chi connectivity index (χ4n) is 3.81. The van der Waals surface area contributed by atoms with Gasteiger partial charge in [0.1, 0.15) is 10.9 Å². The molecule has 1 aliphatic rings. The Kier molecular flexibility index (Phi) is 9.78. The molecule has 1 heterocycles. The lowest BCUT2D eigenvalue weighted by atomic mass is 9.76. The SMILES string of the molecule is COCCO[N+]1=C(C)C(=PO)C(OCCOC)(c2ccccc2C(F)(F)F)C(C(=O)OC)=C1C. The number of benzene rings is 1. The monoisotopic (exact) mass is 506 g/mol. The first-order valence-corrected chi connectivity index (χ1v) is 11.0. The van der Waals surface area contributed by atoms with Gasteiger partial charge in [0.05, 0.1) is 40.9 Å². The average Bonchev–Trinajstić information content (AvgIpc) is 2.80. The highest BCUT2D eigenvalue weighted by atomic mass is 31.1.